The molecule has 2 aromatic rings. The molecule has 114 valence electrons. The average molecular weight is 312 g/mol. The molecule has 0 aliphatic heterocycles. The minimum absolute atomic E-state index is 0.0709. The molecule has 1 heterocycles. The van der Waals surface area contributed by atoms with Crippen molar-refractivity contribution in [3.8, 4) is 17.1 Å². The molecule has 0 atom stereocenters. The molecule has 0 bridgehead atoms. The monoisotopic (exact) mass is 312 g/mol. The Balaban J connectivity index is 2.04. The molecule has 0 saturated heterocycles. The molecule has 0 aliphatic carbocycles. The zero-order chi connectivity index (χ0) is 15.3. The summed E-state index contributed by atoms with van der Waals surface area (Å²) in [4.78, 5) is 4.13. The van der Waals surface area contributed by atoms with Crippen molar-refractivity contribution in [2.24, 2.45) is 0 Å². The van der Waals surface area contributed by atoms with Gasteiger partial charge in [-0.2, -0.15) is 18.1 Å². The Morgan fingerprint density at radius 3 is 2.57 bits per heavy atom. The van der Waals surface area contributed by atoms with Crippen LogP contribution in [0.2, 0.25) is 0 Å². The number of nitrogens with zero attached hydrogens (tertiary/aromatic N) is 2. The fourth-order valence-corrected chi connectivity index (χ4v) is 2.38. The summed E-state index contributed by atoms with van der Waals surface area (Å²) in [7, 11) is -1.96. The van der Waals surface area contributed by atoms with Crippen molar-refractivity contribution in [2.75, 3.05) is 13.7 Å². The molecule has 8 nitrogen and oxygen atoms in total. The molecule has 1 aromatic heterocycles. The predicted molar refractivity (Wildman–Crippen MR) is 75.7 cm³/mol. The summed E-state index contributed by atoms with van der Waals surface area (Å²) in [6.07, 6.45) is 0. The second-order valence-electron chi connectivity index (χ2n) is 4.06. The van der Waals surface area contributed by atoms with E-state index in [-0.39, 0.29) is 12.4 Å². The summed E-state index contributed by atoms with van der Waals surface area (Å²) in [5.74, 6) is 1.29. The number of benzene rings is 1. The molecule has 0 amide bonds. The molecule has 0 saturated carbocycles. The van der Waals surface area contributed by atoms with Crippen LogP contribution in [0, 0.1) is 0 Å². The van der Waals surface area contributed by atoms with Gasteiger partial charge in [-0.1, -0.05) is 12.1 Å². The van der Waals surface area contributed by atoms with Crippen LogP contribution >= 0.6 is 0 Å². The lowest BCUT2D eigenvalue weighted by Gasteiger charge is -2.03. The number of hydrogen-bond acceptors (Lipinski definition) is 6. The van der Waals surface area contributed by atoms with Gasteiger partial charge in [0.15, 0.2) is 0 Å². The van der Waals surface area contributed by atoms with Crippen molar-refractivity contribution in [3.05, 3.63) is 30.2 Å². The highest BCUT2D eigenvalue weighted by molar-refractivity contribution is 7.87. The van der Waals surface area contributed by atoms with Crippen LogP contribution in [-0.2, 0) is 16.8 Å². The fraction of sp³-hybridized carbons (Fsp3) is 0.333. The zero-order valence-electron chi connectivity index (χ0n) is 11.7. The van der Waals surface area contributed by atoms with Crippen LogP contribution in [0.25, 0.3) is 11.4 Å². The highest BCUT2D eigenvalue weighted by atomic mass is 32.2. The van der Waals surface area contributed by atoms with Gasteiger partial charge in [-0.15, -0.1) is 0 Å². The molecule has 0 aliphatic rings. The van der Waals surface area contributed by atoms with E-state index < -0.39 is 10.2 Å². The van der Waals surface area contributed by atoms with E-state index in [2.05, 4.69) is 19.6 Å². The van der Waals surface area contributed by atoms with E-state index in [0.29, 0.717) is 12.4 Å². The van der Waals surface area contributed by atoms with Gasteiger partial charge in [0.2, 0.25) is 11.7 Å². The molecule has 0 radical (unpaired) electrons. The number of rotatable bonds is 7. The predicted octanol–water partition coefficient (Wildman–Crippen LogP) is 0.689. The van der Waals surface area contributed by atoms with Crippen molar-refractivity contribution in [2.45, 2.75) is 13.5 Å². The Morgan fingerprint density at radius 1 is 1.24 bits per heavy atom. The quantitative estimate of drug-likeness (QED) is 0.779. The third-order valence-electron chi connectivity index (χ3n) is 2.56. The van der Waals surface area contributed by atoms with E-state index in [1.165, 1.54) is 0 Å². The van der Waals surface area contributed by atoms with E-state index in [1.807, 2.05) is 0 Å². The highest BCUT2D eigenvalue weighted by Gasteiger charge is 2.12. The van der Waals surface area contributed by atoms with Crippen LogP contribution < -0.4 is 14.2 Å². The maximum absolute atomic E-state index is 11.4. The van der Waals surface area contributed by atoms with Crippen molar-refractivity contribution >= 4 is 10.2 Å². The maximum Gasteiger partial charge on any atom is 0.277 e. The average Bonchev–Trinajstić information content (AvgIpc) is 2.94. The third-order valence-corrected chi connectivity index (χ3v) is 3.76. The number of methoxy groups -OCH3 is 1. The van der Waals surface area contributed by atoms with Crippen molar-refractivity contribution < 1.29 is 17.7 Å². The van der Waals surface area contributed by atoms with E-state index in [0.717, 1.165) is 11.3 Å². The standard InChI is InChI=1S/C12H16N4O4S/c1-3-13-21(17,18)14-8-11-15-12(16-20-11)9-4-6-10(19-2)7-5-9/h4-7,13-14H,3,8H2,1-2H3. The molecular weight excluding hydrogens is 296 g/mol. The van der Waals surface area contributed by atoms with E-state index in [1.54, 1.807) is 38.3 Å². The van der Waals surface area contributed by atoms with E-state index in [4.69, 9.17) is 9.26 Å². The Bertz CT molecular complexity index is 682. The van der Waals surface area contributed by atoms with Crippen molar-refractivity contribution in [3.63, 3.8) is 0 Å². The number of ether oxygens (including phenoxy) is 1. The van der Waals surface area contributed by atoms with E-state index >= 15 is 0 Å². The first-order valence-corrected chi connectivity index (χ1v) is 7.73. The third kappa shape index (κ3) is 4.25. The Kier molecular flexibility index (Phi) is 4.89. The van der Waals surface area contributed by atoms with Gasteiger partial charge < -0.3 is 9.26 Å². The van der Waals surface area contributed by atoms with Crippen LogP contribution in [0.1, 0.15) is 12.8 Å². The van der Waals surface area contributed by atoms with Gasteiger partial charge in [-0.05, 0) is 24.3 Å². The Morgan fingerprint density at radius 2 is 1.95 bits per heavy atom. The molecule has 2 rings (SSSR count). The summed E-state index contributed by atoms with van der Waals surface area (Å²) in [6.45, 7) is 1.92. The first kappa shape index (κ1) is 15.4. The zero-order valence-corrected chi connectivity index (χ0v) is 12.5. The van der Waals surface area contributed by atoms with E-state index in [9.17, 15) is 8.42 Å². The lowest BCUT2D eigenvalue weighted by atomic mass is 10.2. The molecule has 0 fully saturated rings. The normalized spacial score (nSPS) is 11.5. The van der Waals surface area contributed by atoms with Crippen LogP contribution in [0.3, 0.4) is 0 Å². The summed E-state index contributed by atoms with van der Waals surface area (Å²) in [5.41, 5.74) is 0.750. The van der Waals surface area contributed by atoms with Gasteiger partial charge in [0.05, 0.1) is 13.7 Å². The lowest BCUT2D eigenvalue weighted by Crippen LogP contribution is -2.35. The summed E-state index contributed by atoms with van der Waals surface area (Å²) < 4.78 is 37.5. The van der Waals surface area contributed by atoms with Gasteiger partial charge in [0.1, 0.15) is 5.75 Å². The number of hydrogen-bond donors (Lipinski definition) is 2. The minimum atomic E-state index is -3.54. The number of aromatic nitrogens is 2. The first-order chi connectivity index (χ1) is 10.0. The Hall–Kier alpha value is -1.97. The molecule has 21 heavy (non-hydrogen) atoms. The maximum atomic E-state index is 11.4. The molecule has 0 spiro atoms. The SMILES string of the molecule is CCNS(=O)(=O)NCc1nc(-c2ccc(OC)cc2)no1. The smallest absolute Gasteiger partial charge is 0.277 e. The van der Waals surface area contributed by atoms with Crippen LogP contribution in [0.15, 0.2) is 28.8 Å². The van der Waals surface area contributed by atoms with Gasteiger partial charge in [0, 0.05) is 12.1 Å². The topological polar surface area (TPSA) is 106 Å². The van der Waals surface area contributed by atoms with Gasteiger partial charge in [-0.25, -0.2) is 4.72 Å². The van der Waals surface area contributed by atoms with Crippen LogP contribution in [0.5, 0.6) is 5.75 Å². The summed E-state index contributed by atoms with van der Waals surface area (Å²) >= 11 is 0. The molecule has 1 aromatic carbocycles. The molecule has 9 heteroatoms. The molecular formula is C12H16N4O4S. The van der Waals surface area contributed by atoms with Crippen molar-refractivity contribution in [1.29, 1.82) is 0 Å². The van der Waals surface area contributed by atoms with Crippen LogP contribution in [-0.4, -0.2) is 32.2 Å². The van der Waals surface area contributed by atoms with Gasteiger partial charge >= 0.3 is 0 Å². The number of nitrogens with one attached hydrogen (secondary N) is 2. The minimum Gasteiger partial charge on any atom is -0.497 e. The summed E-state index contributed by atoms with van der Waals surface area (Å²) in [5, 5.41) is 3.81. The summed E-state index contributed by atoms with van der Waals surface area (Å²) in [6, 6.07) is 7.13. The van der Waals surface area contributed by atoms with Gasteiger partial charge in [-0.3, -0.25) is 0 Å². The van der Waals surface area contributed by atoms with Crippen molar-refractivity contribution in [1.82, 2.24) is 19.6 Å². The highest BCUT2D eigenvalue weighted by Crippen LogP contribution is 2.19. The Labute approximate surface area is 122 Å². The molecule has 0 unspecified atom stereocenters. The largest absolute Gasteiger partial charge is 0.497 e. The lowest BCUT2D eigenvalue weighted by molar-refractivity contribution is 0.375. The second-order valence-corrected chi connectivity index (χ2v) is 5.65. The first-order valence-electron chi connectivity index (χ1n) is 6.25. The molecule has 2 N–H and O–H groups in total. The fourth-order valence-electron chi connectivity index (χ4n) is 1.58. The second kappa shape index (κ2) is 6.66. The van der Waals surface area contributed by atoms with Gasteiger partial charge in [0.25, 0.3) is 10.2 Å². The van der Waals surface area contributed by atoms with Crippen LogP contribution in [0.4, 0.5) is 0 Å².